The zero-order chi connectivity index (χ0) is 25.0. The lowest BCUT2D eigenvalue weighted by molar-refractivity contribution is -0.192. The Labute approximate surface area is 195 Å². The number of nitrogens with two attached hydrogens (primary N) is 1. The van der Waals surface area contributed by atoms with Gasteiger partial charge < -0.3 is 15.9 Å². The number of carboxylic acid groups (broad SMARTS) is 1. The Balaban J connectivity index is 0.000000479. The number of phenols is 1. The summed E-state index contributed by atoms with van der Waals surface area (Å²) in [5.41, 5.74) is 7.05. The molecule has 0 spiro atoms. The number of thiophene rings is 1. The van der Waals surface area contributed by atoms with Gasteiger partial charge in [-0.2, -0.15) is 13.2 Å². The number of carbonyl (C=O) groups is 1. The fraction of sp³-hybridized carbons (Fsp3) is 0.100. The van der Waals surface area contributed by atoms with Crippen LogP contribution in [0.4, 0.5) is 13.2 Å². The smallest absolute Gasteiger partial charge is 0.490 e. The van der Waals surface area contributed by atoms with Crippen LogP contribution in [0.15, 0.2) is 68.6 Å². The van der Waals surface area contributed by atoms with Crippen LogP contribution in [0.1, 0.15) is 4.88 Å². The van der Waals surface area contributed by atoms with Crippen molar-refractivity contribution in [3.8, 4) is 16.9 Å². The number of carboxylic acids is 1. The number of aliphatic carboxylic acids is 1. The molecule has 33 heavy (non-hydrogen) atoms. The van der Waals surface area contributed by atoms with Crippen LogP contribution in [0.2, 0.25) is 0 Å². The van der Waals surface area contributed by atoms with E-state index in [1.165, 1.54) is 29.2 Å². The number of rotatable bonds is 5. The van der Waals surface area contributed by atoms with E-state index in [1.807, 2.05) is 6.07 Å². The lowest BCUT2D eigenvalue weighted by Crippen LogP contribution is -2.21. The number of nitrogens with one attached hydrogen (secondary N) is 1. The molecule has 0 unspecified atom stereocenters. The summed E-state index contributed by atoms with van der Waals surface area (Å²) in [6.07, 6.45) is -3.29. The summed E-state index contributed by atoms with van der Waals surface area (Å²) in [7, 11) is -3.75. The van der Waals surface area contributed by atoms with Gasteiger partial charge in [-0.1, -0.05) is 24.3 Å². The molecule has 5 N–H and O–H groups in total. The average Bonchev–Trinajstić information content (AvgIpc) is 3.20. The minimum Gasteiger partial charge on any atom is -0.508 e. The van der Waals surface area contributed by atoms with Gasteiger partial charge in [-0.25, -0.2) is 13.2 Å². The highest BCUT2D eigenvalue weighted by Gasteiger charge is 2.38. The van der Waals surface area contributed by atoms with Gasteiger partial charge >= 0.3 is 12.1 Å². The monoisotopic (exact) mass is 518 g/mol. The number of amidine groups is 1. The highest BCUT2D eigenvalue weighted by Crippen LogP contribution is 2.37. The number of thioether (sulfide) groups is 1. The Morgan fingerprint density at radius 1 is 1.09 bits per heavy atom. The normalized spacial score (nSPS) is 11.4. The zero-order valence-electron chi connectivity index (χ0n) is 16.8. The molecule has 0 fully saturated rings. The van der Waals surface area contributed by atoms with Crippen LogP contribution in [0.5, 0.6) is 5.75 Å². The van der Waals surface area contributed by atoms with Crippen molar-refractivity contribution >= 4 is 44.7 Å². The first-order chi connectivity index (χ1) is 15.3. The quantitative estimate of drug-likeness (QED) is 0.220. The van der Waals surface area contributed by atoms with Crippen LogP contribution in [-0.2, 0) is 14.6 Å². The summed E-state index contributed by atoms with van der Waals surface area (Å²) in [4.78, 5) is 9.67. The fourth-order valence-corrected chi connectivity index (χ4v) is 6.35. The fourth-order valence-electron chi connectivity index (χ4n) is 2.44. The van der Waals surface area contributed by atoms with E-state index in [-0.39, 0.29) is 21.4 Å². The SMILES string of the molecule is CSc1sc(C(=N)N)cc1S(=O)(=O)c1cccc(-c2ccc(O)cc2)c1.O=C(O)C(F)(F)F. The van der Waals surface area contributed by atoms with Gasteiger partial charge in [0.05, 0.1) is 18.9 Å². The third-order valence-corrected chi connectivity index (χ3v) is 8.33. The molecule has 0 radical (unpaired) electrons. The molecule has 1 heterocycles. The van der Waals surface area contributed by atoms with Gasteiger partial charge in [0.2, 0.25) is 9.84 Å². The van der Waals surface area contributed by atoms with Gasteiger partial charge in [-0.05, 0) is 47.7 Å². The molecule has 0 aliphatic heterocycles. The molecule has 0 atom stereocenters. The van der Waals surface area contributed by atoms with Crippen LogP contribution in [0, 0.1) is 5.41 Å². The Kier molecular flexibility index (Phi) is 8.16. The van der Waals surface area contributed by atoms with Gasteiger partial charge in [0.15, 0.2) is 0 Å². The predicted octanol–water partition coefficient (Wildman–Crippen LogP) is 4.59. The molecule has 7 nitrogen and oxygen atoms in total. The Bertz CT molecular complexity index is 1270. The molecule has 0 aliphatic rings. The molecule has 13 heteroatoms. The third kappa shape index (κ3) is 6.49. The highest BCUT2D eigenvalue weighted by atomic mass is 32.2. The van der Waals surface area contributed by atoms with Crippen LogP contribution in [0.3, 0.4) is 0 Å². The maximum atomic E-state index is 13.1. The molecule has 3 aromatic rings. The Morgan fingerprint density at radius 2 is 1.67 bits per heavy atom. The van der Waals surface area contributed by atoms with Crippen molar-refractivity contribution in [1.82, 2.24) is 0 Å². The molecule has 1 aromatic heterocycles. The van der Waals surface area contributed by atoms with Crippen molar-refractivity contribution in [1.29, 1.82) is 5.41 Å². The number of hydrogen-bond acceptors (Lipinski definition) is 7. The van der Waals surface area contributed by atoms with Crippen molar-refractivity contribution in [2.24, 2.45) is 5.73 Å². The van der Waals surface area contributed by atoms with E-state index in [4.69, 9.17) is 21.0 Å². The molecule has 0 aliphatic carbocycles. The molecular formula is C20H17F3N2O5S3. The van der Waals surface area contributed by atoms with E-state index in [2.05, 4.69) is 0 Å². The van der Waals surface area contributed by atoms with E-state index in [1.54, 1.807) is 48.7 Å². The van der Waals surface area contributed by atoms with Crippen LogP contribution in [0.25, 0.3) is 11.1 Å². The van der Waals surface area contributed by atoms with Gasteiger partial charge in [-0.3, -0.25) is 5.41 Å². The van der Waals surface area contributed by atoms with E-state index in [0.717, 1.165) is 11.1 Å². The van der Waals surface area contributed by atoms with Crippen molar-refractivity contribution < 1.29 is 36.6 Å². The minimum atomic E-state index is -5.08. The summed E-state index contributed by atoms with van der Waals surface area (Å²) in [5.74, 6) is -2.76. The standard InChI is InChI=1S/C18H16N2O3S3.C2HF3O2/c1-24-18-16(10-15(25-18)17(19)20)26(22,23)14-4-2-3-12(9-14)11-5-7-13(21)8-6-11;3-2(4,5)1(6)7/h2-10,21H,1H3,(H3,19,20);(H,6,7). The summed E-state index contributed by atoms with van der Waals surface area (Å²) < 4.78 is 58.6. The molecule has 0 bridgehead atoms. The molecule has 0 saturated carbocycles. The van der Waals surface area contributed by atoms with Crippen molar-refractivity contribution in [2.45, 2.75) is 20.2 Å². The number of aromatic hydroxyl groups is 1. The molecule has 176 valence electrons. The molecule has 2 aromatic carbocycles. The number of phenolic OH excluding ortho intramolecular Hbond substituents is 1. The number of nitrogen functional groups attached to an aromatic ring is 1. The lowest BCUT2D eigenvalue weighted by atomic mass is 10.1. The topological polar surface area (TPSA) is 142 Å². The van der Waals surface area contributed by atoms with Crippen LogP contribution >= 0.6 is 23.1 Å². The van der Waals surface area contributed by atoms with E-state index in [9.17, 15) is 26.7 Å². The lowest BCUT2D eigenvalue weighted by Gasteiger charge is -2.08. The number of hydrogen-bond donors (Lipinski definition) is 4. The van der Waals surface area contributed by atoms with E-state index < -0.39 is 22.0 Å². The first-order valence-electron chi connectivity index (χ1n) is 8.74. The number of halogens is 3. The first-order valence-corrected chi connectivity index (χ1v) is 12.3. The average molecular weight is 519 g/mol. The summed E-state index contributed by atoms with van der Waals surface area (Å²) in [5, 5.41) is 24.1. The van der Waals surface area contributed by atoms with Gasteiger partial charge in [0.25, 0.3) is 0 Å². The Morgan fingerprint density at radius 3 is 2.15 bits per heavy atom. The maximum absolute atomic E-state index is 13.1. The van der Waals surface area contributed by atoms with Gasteiger partial charge in [0.1, 0.15) is 11.6 Å². The summed E-state index contributed by atoms with van der Waals surface area (Å²) in [6.45, 7) is 0. The van der Waals surface area contributed by atoms with Crippen LogP contribution < -0.4 is 5.73 Å². The highest BCUT2D eigenvalue weighted by molar-refractivity contribution is 8.01. The second-order valence-corrected chi connectivity index (χ2v) is 10.3. The van der Waals surface area contributed by atoms with E-state index >= 15 is 0 Å². The van der Waals surface area contributed by atoms with Crippen molar-refractivity contribution in [2.75, 3.05) is 6.26 Å². The van der Waals surface area contributed by atoms with Gasteiger partial charge in [0, 0.05) is 0 Å². The third-order valence-electron chi connectivity index (χ3n) is 3.99. The van der Waals surface area contributed by atoms with Crippen molar-refractivity contribution in [3.05, 3.63) is 59.5 Å². The second kappa shape index (κ2) is 10.3. The molecule has 0 saturated heterocycles. The number of alkyl halides is 3. The summed E-state index contributed by atoms with van der Waals surface area (Å²) in [6, 6.07) is 14.7. The van der Waals surface area contributed by atoms with Gasteiger partial charge in [-0.15, -0.1) is 23.1 Å². The largest absolute Gasteiger partial charge is 0.508 e. The molecule has 0 amide bonds. The second-order valence-electron chi connectivity index (χ2n) is 6.26. The Hall–Kier alpha value is -3.03. The molecular weight excluding hydrogens is 501 g/mol. The number of sulfone groups is 1. The first kappa shape index (κ1) is 26.2. The number of benzene rings is 2. The van der Waals surface area contributed by atoms with Crippen LogP contribution in [-0.4, -0.2) is 42.9 Å². The summed E-state index contributed by atoms with van der Waals surface area (Å²) >= 11 is 2.51. The molecule has 3 rings (SSSR count). The maximum Gasteiger partial charge on any atom is 0.490 e. The predicted molar refractivity (Wildman–Crippen MR) is 120 cm³/mol. The minimum absolute atomic E-state index is 0.149. The van der Waals surface area contributed by atoms with Crippen molar-refractivity contribution in [3.63, 3.8) is 0 Å². The zero-order valence-corrected chi connectivity index (χ0v) is 19.2. The van der Waals surface area contributed by atoms with E-state index in [0.29, 0.717) is 9.09 Å².